The molecule has 0 fully saturated rings. The Morgan fingerprint density at radius 1 is 1.28 bits per heavy atom. The molecule has 2 aromatic rings. The summed E-state index contributed by atoms with van der Waals surface area (Å²) in [6.07, 6.45) is 3.45. The first-order valence-corrected chi connectivity index (χ1v) is 5.92. The third kappa shape index (κ3) is 2.42. The summed E-state index contributed by atoms with van der Waals surface area (Å²) in [4.78, 5) is 16.1. The Hall–Kier alpha value is -2.10. The molecule has 2 heterocycles. The van der Waals surface area contributed by atoms with Crippen molar-refractivity contribution in [3.8, 4) is 0 Å². The minimum absolute atomic E-state index is 0.0318. The van der Waals surface area contributed by atoms with Gasteiger partial charge in [0.25, 0.3) is 5.91 Å². The maximum atomic E-state index is 12.1. The van der Waals surface area contributed by atoms with Crippen LogP contribution in [0.5, 0.6) is 0 Å². The molecule has 0 radical (unpaired) electrons. The van der Waals surface area contributed by atoms with Crippen molar-refractivity contribution in [3.05, 3.63) is 53.6 Å². The molecule has 0 spiro atoms. The highest BCUT2D eigenvalue weighted by Crippen LogP contribution is 2.12. The number of hydrogen-bond acceptors (Lipinski definition) is 2. The quantitative estimate of drug-likeness (QED) is 0.898. The summed E-state index contributed by atoms with van der Waals surface area (Å²) in [5, 5.41) is 2.98. The molecule has 94 valence electrons. The Morgan fingerprint density at radius 2 is 1.94 bits per heavy atom. The molecular weight excluding hydrogens is 226 g/mol. The Kier molecular flexibility index (Phi) is 3.46. The number of pyridine rings is 1. The molecule has 0 aromatic carbocycles. The van der Waals surface area contributed by atoms with Crippen molar-refractivity contribution >= 4 is 5.91 Å². The first kappa shape index (κ1) is 12.4. The van der Waals surface area contributed by atoms with Crippen molar-refractivity contribution in [1.82, 2.24) is 14.9 Å². The van der Waals surface area contributed by atoms with Gasteiger partial charge in [-0.2, -0.15) is 0 Å². The largest absolute Gasteiger partial charge is 0.344 e. The molecule has 0 aliphatic heterocycles. The molecule has 1 N–H and O–H groups in total. The average molecular weight is 243 g/mol. The van der Waals surface area contributed by atoms with Gasteiger partial charge in [-0.3, -0.25) is 9.78 Å². The highest BCUT2D eigenvalue weighted by Gasteiger charge is 2.14. The van der Waals surface area contributed by atoms with E-state index in [-0.39, 0.29) is 11.9 Å². The summed E-state index contributed by atoms with van der Waals surface area (Å²) in [5.74, 6) is -0.0603. The smallest absolute Gasteiger partial charge is 0.268 e. The van der Waals surface area contributed by atoms with Crippen molar-refractivity contribution in [1.29, 1.82) is 0 Å². The second kappa shape index (κ2) is 5.04. The molecule has 1 atom stereocenters. The maximum Gasteiger partial charge on any atom is 0.268 e. The van der Waals surface area contributed by atoms with Gasteiger partial charge in [0.2, 0.25) is 0 Å². The van der Waals surface area contributed by atoms with Crippen molar-refractivity contribution in [2.24, 2.45) is 7.05 Å². The summed E-state index contributed by atoms with van der Waals surface area (Å²) in [5.41, 5.74) is 2.79. The van der Waals surface area contributed by atoms with Crippen molar-refractivity contribution < 1.29 is 4.79 Å². The van der Waals surface area contributed by atoms with Crippen LogP contribution in [0.4, 0.5) is 0 Å². The van der Waals surface area contributed by atoms with E-state index in [2.05, 4.69) is 10.3 Å². The first-order valence-electron chi connectivity index (χ1n) is 5.92. The second-order valence-corrected chi connectivity index (χ2v) is 4.39. The van der Waals surface area contributed by atoms with Crippen LogP contribution in [-0.4, -0.2) is 15.5 Å². The molecule has 4 heteroatoms. The Bertz CT molecular complexity index is 545. The van der Waals surface area contributed by atoms with Gasteiger partial charge >= 0.3 is 0 Å². The molecule has 0 saturated carbocycles. The molecule has 0 saturated heterocycles. The first-order chi connectivity index (χ1) is 8.59. The average Bonchev–Trinajstić information content (AvgIpc) is 2.71. The Morgan fingerprint density at radius 3 is 2.50 bits per heavy atom. The highest BCUT2D eigenvalue weighted by molar-refractivity contribution is 5.93. The van der Waals surface area contributed by atoms with Gasteiger partial charge in [0.1, 0.15) is 5.69 Å². The van der Waals surface area contributed by atoms with Crippen LogP contribution in [0.15, 0.2) is 36.7 Å². The molecule has 18 heavy (non-hydrogen) atoms. The molecule has 0 aliphatic carbocycles. The fourth-order valence-corrected chi connectivity index (χ4v) is 1.85. The van der Waals surface area contributed by atoms with Gasteiger partial charge in [-0.05, 0) is 43.7 Å². The van der Waals surface area contributed by atoms with E-state index in [1.165, 1.54) is 0 Å². The molecule has 2 rings (SSSR count). The van der Waals surface area contributed by atoms with Crippen LogP contribution < -0.4 is 5.32 Å². The van der Waals surface area contributed by atoms with E-state index < -0.39 is 0 Å². The lowest BCUT2D eigenvalue weighted by Crippen LogP contribution is -2.28. The van der Waals surface area contributed by atoms with E-state index in [1.54, 1.807) is 12.4 Å². The number of carbonyl (C=O) groups is 1. The number of nitrogens with one attached hydrogen (secondary N) is 1. The topological polar surface area (TPSA) is 46.9 Å². The minimum atomic E-state index is -0.0603. The molecule has 4 nitrogen and oxygen atoms in total. The summed E-state index contributed by atoms with van der Waals surface area (Å²) in [7, 11) is 1.89. The molecule has 2 aromatic heterocycles. The normalized spacial score (nSPS) is 12.2. The van der Waals surface area contributed by atoms with Crippen LogP contribution >= 0.6 is 0 Å². The lowest BCUT2D eigenvalue weighted by Gasteiger charge is -2.14. The van der Waals surface area contributed by atoms with Crippen LogP contribution in [0.2, 0.25) is 0 Å². The van der Waals surface area contributed by atoms with Gasteiger partial charge in [-0.15, -0.1) is 0 Å². The van der Waals surface area contributed by atoms with Gasteiger partial charge < -0.3 is 9.88 Å². The predicted octanol–water partition coefficient (Wildman–Crippen LogP) is 2.22. The fraction of sp³-hybridized carbons (Fsp3) is 0.286. The molecule has 0 bridgehead atoms. The molecule has 1 amide bonds. The molecule has 1 unspecified atom stereocenters. The number of hydrogen-bond donors (Lipinski definition) is 1. The van der Waals surface area contributed by atoms with Gasteiger partial charge in [-0.25, -0.2) is 0 Å². The predicted molar refractivity (Wildman–Crippen MR) is 70.3 cm³/mol. The van der Waals surface area contributed by atoms with Gasteiger partial charge in [0.15, 0.2) is 0 Å². The number of carbonyl (C=O) groups excluding carboxylic acids is 1. The zero-order valence-electron chi connectivity index (χ0n) is 10.8. The Balaban J connectivity index is 2.11. The van der Waals surface area contributed by atoms with Crippen LogP contribution in [0, 0.1) is 6.92 Å². The van der Waals surface area contributed by atoms with E-state index in [4.69, 9.17) is 0 Å². The van der Waals surface area contributed by atoms with Crippen molar-refractivity contribution in [2.45, 2.75) is 19.9 Å². The third-order valence-corrected chi connectivity index (χ3v) is 3.16. The zero-order valence-corrected chi connectivity index (χ0v) is 10.8. The van der Waals surface area contributed by atoms with E-state index in [0.717, 1.165) is 11.3 Å². The zero-order chi connectivity index (χ0) is 13.1. The maximum absolute atomic E-state index is 12.1. The molecular formula is C14H17N3O. The van der Waals surface area contributed by atoms with Gasteiger partial charge in [-0.1, -0.05) is 0 Å². The Labute approximate surface area is 107 Å². The van der Waals surface area contributed by atoms with Crippen molar-refractivity contribution in [3.63, 3.8) is 0 Å². The van der Waals surface area contributed by atoms with Crippen LogP contribution in [0.25, 0.3) is 0 Å². The van der Waals surface area contributed by atoms with Crippen LogP contribution in [-0.2, 0) is 7.05 Å². The van der Waals surface area contributed by atoms with E-state index in [9.17, 15) is 4.79 Å². The van der Waals surface area contributed by atoms with E-state index >= 15 is 0 Å². The highest BCUT2D eigenvalue weighted by atomic mass is 16.2. The second-order valence-electron chi connectivity index (χ2n) is 4.39. The van der Waals surface area contributed by atoms with Crippen LogP contribution in [0.3, 0.4) is 0 Å². The number of nitrogens with zero attached hydrogens (tertiary/aromatic N) is 2. The number of aryl methyl sites for hydroxylation is 1. The number of aromatic nitrogens is 2. The number of amides is 1. The van der Waals surface area contributed by atoms with Gasteiger partial charge in [0.05, 0.1) is 6.04 Å². The summed E-state index contributed by atoms with van der Waals surface area (Å²) in [6.45, 7) is 3.94. The summed E-state index contributed by atoms with van der Waals surface area (Å²) < 4.78 is 1.88. The molecule has 0 aliphatic rings. The van der Waals surface area contributed by atoms with E-state index in [0.29, 0.717) is 5.69 Å². The van der Waals surface area contributed by atoms with Crippen LogP contribution in [0.1, 0.15) is 34.7 Å². The van der Waals surface area contributed by atoms with E-state index in [1.807, 2.05) is 49.7 Å². The summed E-state index contributed by atoms with van der Waals surface area (Å²) >= 11 is 0. The standard InChI is InChI=1S/C14H17N3O/c1-10-4-5-13(17(10)3)14(18)16-11(2)12-6-8-15-9-7-12/h4-9,11H,1-3H3,(H,16,18). The monoisotopic (exact) mass is 243 g/mol. The summed E-state index contributed by atoms with van der Waals surface area (Å²) in [6, 6.07) is 7.55. The minimum Gasteiger partial charge on any atom is -0.344 e. The van der Waals surface area contributed by atoms with Gasteiger partial charge in [0, 0.05) is 25.1 Å². The van der Waals surface area contributed by atoms with Crippen molar-refractivity contribution in [2.75, 3.05) is 0 Å². The fourth-order valence-electron chi connectivity index (χ4n) is 1.85. The SMILES string of the molecule is Cc1ccc(C(=O)NC(C)c2ccncc2)n1C. The third-order valence-electron chi connectivity index (χ3n) is 3.16. The lowest BCUT2D eigenvalue weighted by molar-refractivity contribution is 0.0931. The lowest BCUT2D eigenvalue weighted by atomic mass is 10.1. The number of rotatable bonds is 3.